The van der Waals surface area contributed by atoms with Crippen LogP contribution in [0.15, 0.2) is 47.5 Å². The normalized spacial score (nSPS) is 15.5. The van der Waals surface area contributed by atoms with Gasteiger partial charge in [-0.3, -0.25) is 4.79 Å². The summed E-state index contributed by atoms with van der Waals surface area (Å²) in [6, 6.07) is 11.6. The van der Waals surface area contributed by atoms with E-state index in [4.69, 9.17) is 0 Å². The first kappa shape index (κ1) is 21.6. The average Bonchev–Trinajstić information content (AvgIpc) is 3.48. The van der Waals surface area contributed by atoms with Crippen molar-refractivity contribution in [1.82, 2.24) is 13.8 Å². The van der Waals surface area contributed by atoms with Crippen molar-refractivity contribution in [2.45, 2.75) is 51.1 Å². The van der Waals surface area contributed by atoms with Crippen LogP contribution in [0.25, 0.3) is 0 Å². The van der Waals surface area contributed by atoms with E-state index < -0.39 is 10.0 Å². The summed E-state index contributed by atoms with van der Waals surface area (Å²) in [5.41, 5.74) is 1.47. The van der Waals surface area contributed by atoms with Crippen LogP contribution in [0.2, 0.25) is 0 Å². The molecular formula is C22H31N3O3S. The lowest BCUT2D eigenvalue weighted by Crippen LogP contribution is -2.40. The molecule has 1 aliphatic rings. The lowest BCUT2D eigenvalue weighted by atomic mass is 10.1. The van der Waals surface area contributed by atoms with Gasteiger partial charge in [-0.05, 0) is 37.3 Å². The molecule has 1 amide bonds. The highest BCUT2D eigenvalue weighted by Crippen LogP contribution is 2.36. The van der Waals surface area contributed by atoms with Gasteiger partial charge in [-0.15, -0.1) is 0 Å². The van der Waals surface area contributed by atoms with E-state index in [0.717, 1.165) is 18.4 Å². The van der Waals surface area contributed by atoms with Crippen LogP contribution in [0.3, 0.4) is 0 Å². The van der Waals surface area contributed by atoms with Crippen molar-refractivity contribution in [2.75, 3.05) is 13.1 Å². The molecule has 0 aliphatic heterocycles. The summed E-state index contributed by atoms with van der Waals surface area (Å²) in [6.07, 6.45) is 3.81. The largest absolute Gasteiger partial charge is 0.345 e. The summed E-state index contributed by atoms with van der Waals surface area (Å²) in [5.74, 6) is 0.388. The third-order valence-corrected chi connectivity index (χ3v) is 7.81. The molecule has 158 valence electrons. The van der Waals surface area contributed by atoms with Gasteiger partial charge >= 0.3 is 0 Å². The standard InChI is InChI=1S/C22H31N3O3S/c1-5-24(6-2)29(27,28)20-14-21(23(4)16-20)22(26)25(17(3)19-12-13-19)15-18-10-8-7-9-11-18/h7-11,14,16-17,19H,5-6,12-13,15H2,1-4H3. The van der Waals surface area contributed by atoms with Gasteiger partial charge in [0.15, 0.2) is 0 Å². The number of carbonyl (C=O) groups is 1. The Morgan fingerprint density at radius 2 is 1.79 bits per heavy atom. The van der Waals surface area contributed by atoms with E-state index >= 15 is 0 Å². The van der Waals surface area contributed by atoms with Crippen LogP contribution in [0.5, 0.6) is 0 Å². The van der Waals surface area contributed by atoms with Crippen molar-refractivity contribution in [2.24, 2.45) is 13.0 Å². The van der Waals surface area contributed by atoms with Gasteiger partial charge in [-0.1, -0.05) is 44.2 Å². The molecule has 3 rings (SSSR count). The van der Waals surface area contributed by atoms with Crippen LogP contribution in [0, 0.1) is 5.92 Å². The van der Waals surface area contributed by atoms with Crippen molar-refractivity contribution >= 4 is 15.9 Å². The van der Waals surface area contributed by atoms with Gasteiger partial charge in [0.2, 0.25) is 10.0 Å². The summed E-state index contributed by atoms with van der Waals surface area (Å²) >= 11 is 0. The zero-order valence-electron chi connectivity index (χ0n) is 17.7. The fourth-order valence-corrected chi connectivity index (χ4v) is 5.29. The molecular weight excluding hydrogens is 386 g/mol. The lowest BCUT2D eigenvalue weighted by molar-refractivity contribution is 0.0644. The second kappa shape index (κ2) is 8.71. The highest BCUT2D eigenvalue weighted by molar-refractivity contribution is 7.89. The van der Waals surface area contributed by atoms with Crippen molar-refractivity contribution in [3.05, 3.63) is 53.9 Å². The van der Waals surface area contributed by atoms with Crippen molar-refractivity contribution in [3.63, 3.8) is 0 Å². The van der Waals surface area contributed by atoms with Crippen LogP contribution < -0.4 is 0 Å². The summed E-state index contributed by atoms with van der Waals surface area (Å²) in [6.45, 7) is 7.03. The minimum absolute atomic E-state index is 0.112. The third kappa shape index (κ3) is 4.56. The van der Waals surface area contributed by atoms with Crippen LogP contribution in [-0.2, 0) is 23.6 Å². The molecule has 7 heteroatoms. The first-order valence-corrected chi connectivity index (χ1v) is 11.7. The smallest absolute Gasteiger partial charge is 0.271 e. The number of sulfonamides is 1. The number of benzene rings is 1. The number of amides is 1. The van der Waals surface area contributed by atoms with E-state index in [1.165, 1.54) is 10.4 Å². The molecule has 0 bridgehead atoms. The van der Waals surface area contributed by atoms with Crippen LogP contribution >= 0.6 is 0 Å². The number of hydrogen-bond acceptors (Lipinski definition) is 3. The molecule has 2 aromatic rings. The Balaban J connectivity index is 1.93. The predicted molar refractivity (Wildman–Crippen MR) is 114 cm³/mol. The number of aryl methyl sites for hydroxylation is 1. The molecule has 6 nitrogen and oxygen atoms in total. The Bertz CT molecular complexity index is 945. The molecule has 1 unspecified atom stereocenters. The zero-order valence-corrected chi connectivity index (χ0v) is 18.5. The van der Waals surface area contributed by atoms with E-state index in [1.54, 1.807) is 17.8 Å². The van der Waals surface area contributed by atoms with Crippen molar-refractivity contribution < 1.29 is 13.2 Å². The summed E-state index contributed by atoms with van der Waals surface area (Å²) in [7, 11) is -1.87. The first-order chi connectivity index (χ1) is 13.8. The van der Waals surface area contributed by atoms with Gasteiger partial charge in [0.05, 0.1) is 0 Å². The number of aromatic nitrogens is 1. The molecule has 1 atom stereocenters. The van der Waals surface area contributed by atoms with Gasteiger partial charge in [0.25, 0.3) is 5.91 Å². The average molecular weight is 418 g/mol. The van der Waals surface area contributed by atoms with Crippen molar-refractivity contribution in [1.29, 1.82) is 0 Å². The fraction of sp³-hybridized carbons (Fsp3) is 0.500. The van der Waals surface area contributed by atoms with Gasteiger partial charge in [0.1, 0.15) is 10.6 Å². The van der Waals surface area contributed by atoms with Crippen LogP contribution in [-0.4, -0.2) is 47.2 Å². The SMILES string of the molecule is CCN(CC)S(=O)(=O)c1cc(C(=O)N(Cc2ccccc2)C(C)C2CC2)n(C)c1. The molecule has 1 aliphatic carbocycles. The zero-order chi connectivity index (χ0) is 21.2. The van der Waals surface area contributed by atoms with Crippen LogP contribution in [0.1, 0.15) is 49.7 Å². The molecule has 0 N–H and O–H groups in total. The first-order valence-electron chi connectivity index (χ1n) is 10.3. The van der Waals surface area contributed by atoms with Gasteiger partial charge < -0.3 is 9.47 Å². The van der Waals surface area contributed by atoms with Crippen LogP contribution in [0.4, 0.5) is 0 Å². The molecule has 0 radical (unpaired) electrons. The molecule has 0 saturated heterocycles. The number of carbonyl (C=O) groups excluding carboxylic acids is 1. The molecule has 1 aromatic heterocycles. The number of rotatable bonds is 9. The Hall–Kier alpha value is -2.12. The Kier molecular flexibility index (Phi) is 6.49. The Morgan fingerprint density at radius 3 is 2.34 bits per heavy atom. The maximum atomic E-state index is 13.5. The fourth-order valence-electron chi connectivity index (χ4n) is 3.76. The van der Waals surface area contributed by atoms with Gasteiger partial charge in [0, 0.05) is 38.9 Å². The van der Waals surface area contributed by atoms with E-state index in [2.05, 4.69) is 6.92 Å². The second-order valence-corrected chi connectivity index (χ2v) is 9.70. The highest BCUT2D eigenvalue weighted by Gasteiger charge is 2.36. The van der Waals surface area contributed by atoms with Gasteiger partial charge in [-0.25, -0.2) is 8.42 Å². The van der Waals surface area contributed by atoms with Crippen molar-refractivity contribution in [3.8, 4) is 0 Å². The topological polar surface area (TPSA) is 62.6 Å². The maximum Gasteiger partial charge on any atom is 0.271 e. The molecule has 1 fully saturated rings. The molecule has 1 heterocycles. The third-order valence-electron chi connectivity index (χ3n) is 5.79. The molecule has 1 aromatic carbocycles. The van der Waals surface area contributed by atoms with E-state index in [0.29, 0.717) is 31.2 Å². The second-order valence-electron chi connectivity index (χ2n) is 7.76. The lowest BCUT2D eigenvalue weighted by Gasteiger charge is -2.30. The number of hydrogen-bond donors (Lipinski definition) is 0. The maximum absolute atomic E-state index is 13.5. The summed E-state index contributed by atoms with van der Waals surface area (Å²) < 4.78 is 28.8. The Morgan fingerprint density at radius 1 is 1.17 bits per heavy atom. The predicted octanol–water partition coefficient (Wildman–Crippen LogP) is 3.50. The Labute approximate surface area is 174 Å². The summed E-state index contributed by atoms with van der Waals surface area (Å²) in [4.78, 5) is 15.5. The van der Waals surface area contributed by atoms with E-state index in [9.17, 15) is 13.2 Å². The summed E-state index contributed by atoms with van der Waals surface area (Å²) in [5, 5.41) is 0. The minimum Gasteiger partial charge on any atom is -0.345 e. The van der Waals surface area contributed by atoms with Gasteiger partial charge in [-0.2, -0.15) is 4.31 Å². The quantitative estimate of drug-likeness (QED) is 0.627. The number of nitrogens with zero attached hydrogens (tertiary/aromatic N) is 3. The highest BCUT2D eigenvalue weighted by atomic mass is 32.2. The monoisotopic (exact) mass is 417 g/mol. The molecule has 0 spiro atoms. The molecule has 1 saturated carbocycles. The van der Waals surface area contributed by atoms with E-state index in [1.807, 2.05) is 49.1 Å². The molecule has 29 heavy (non-hydrogen) atoms. The minimum atomic E-state index is -3.60. The van der Waals surface area contributed by atoms with E-state index in [-0.39, 0.29) is 16.8 Å².